The Balaban J connectivity index is 1.90. The fraction of sp³-hybridized carbons (Fsp3) is 0.583. The molecule has 1 aromatic rings. The zero-order valence-corrected chi connectivity index (χ0v) is 10.4. The highest BCUT2D eigenvalue weighted by atomic mass is 35.5. The van der Waals surface area contributed by atoms with Crippen molar-refractivity contribution in [1.29, 1.82) is 0 Å². The van der Waals surface area contributed by atoms with Gasteiger partial charge in [-0.05, 0) is 18.1 Å². The number of pyridine rings is 1. The summed E-state index contributed by atoms with van der Waals surface area (Å²) in [4.78, 5) is 6.43. The van der Waals surface area contributed by atoms with Crippen molar-refractivity contribution in [1.82, 2.24) is 9.88 Å². The number of likely N-dealkylation sites (tertiary alicyclic amines) is 1. The Bertz CT molecular complexity index is 375. The molecule has 1 aliphatic rings. The summed E-state index contributed by atoms with van der Waals surface area (Å²) in [6.07, 6.45) is 1.71. The monoisotopic (exact) mass is 240 g/mol. The average molecular weight is 241 g/mol. The first-order valence-corrected chi connectivity index (χ1v) is 5.92. The molecule has 0 unspecified atom stereocenters. The molecule has 1 aromatic heterocycles. The Morgan fingerprint density at radius 2 is 2.25 bits per heavy atom. The molecule has 0 spiro atoms. The van der Waals surface area contributed by atoms with Gasteiger partial charge in [-0.1, -0.05) is 25.4 Å². The molecule has 1 aliphatic heterocycles. The van der Waals surface area contributed by atoms with Crippen LogP contribution in [0.1, 0.15) is 19.5 Å². The van der Waals surface area contributed by atoms with E-state index in [0.717, 1.165) is 25.3 Å². The summed E-state index contributed by atoms with van der Waals surface area (Å²) in [5.74, 6) is 0.302. The predicted octanol–water partition coefficient (Wildman–Crippen LogP) is 1.94. The van der Waals surface area contributed by atoms with Crippen LogP contribution in [-0.4, -0.2) is 33.7 Å². The van der Waals surface area contributed by atoms with Gasteiger partial charge < -0.3 is 5.11 Å². The van der Waals surface area contributed by atoms with E-state index in [2.05, 4.69) is 23.7 Å². The second kappa shape index (κ2) is 4.32. The molecular weight excluding hydrogens is 224 g/mol. The van der Waals surface area contributed by atoms with Crippen LogP contribution in [0.5, 0.6) is 0 Å². The summed E-state index contributed by atoms with van der Waals surface area (Å²) in [7, 11) is 0. The third kappa shape index (κ3) is 2.37. The number of nitrogens with zero attached hydrogens (tertiary/aromatic N) is 2. The molecule has 0 atom stereocenters. The van der Waals surface area contributed by atoms with Crippen LogP contribution in [0.15, 0.2) is 18.3 Å². The van der Waals surface area contributed by atoms with E-state index in [1.807, 2.05) is 6.07 Å². The van der Waals surface area contributed by atoms with Gasteiger partial charge in [0.1, 0.15) is 0 Å². The highest BCUT2D eigenvalue weighted by molar-refractivity contribution is 6.30. The normalized spacial score (nSPS) is 19.8. The maximum atomic E-state index is 10.1. The number of hydrogen-bond acceptors (Lipinski definition) is 3. The van der Waals surface area contributed by atoms with Crippen molar-refractivity contribution in [2.24, 2.45) is 5.92 Å². The van der Waals surface area contributed by atoms with Crippen LogP contribution in [0, 0.1) is 5.92 Å². The lowest BCUT2D eigenvalue weighted by atomic mass is 9.83. The van der Waals surface area contributed by atoms with E-state index in [4.69, 9.17) is 11.6 Å². The smallest absolute Gasteiger partial charge is 0.0923 e. The van der Waals surface area contributed by atoms with Gasteiger partial charge in [0.25, 0.3) is 0 Å². The molecule has 88 valence electrons. The van der Waals surface area contributed by atoms with E-state index in [1.165, 1.54) is 0 Å². The standard InChI is InChI=1S/C12H17ClN2O/c1-9(2)12(16)7-15(8-12)6-11-5-10(13)3-4-14-11/h3-5,9,16H,6-8H2,1-2H3. The minimum atomic E-state index is -0.515. The molecule has 2 heterocycles. The van der Waals surface area contributed by atoms with E-state index >= 15 is 0 Å². The van der Waals surface area contributed by atoms with Crippen molar-refractivity contribution in [3.05, 3.63) is 29.0 Å². The van der Waals surface area contributed by atoms with Crippen LogP contribution in [0.2, 0.25) is 5.02 Å². The molecule has 1 fully saturated rings. The number of aromatic nitrogens is 1. The van der Waals surface area contributed by atoms with Gasteiger partial charge in [0, 0.05) is 30.9 Å². The van der Waals surface area contributed by atoms with Crippen LogP contribution in [-0.2, 0) is 6.54 Å². The molecular formula is C12H17ClN2O. The summed E-state index contributed by atoms with van der Waals surface area (Å²) in [6, 6.07) is 3.64. The van der Waals surface area contributed by atoms with Crippen molar-refractivity contribution in [3.8, 4) is 0 Å². The molecule has 1 N–H and O–H groups in total. The third-order valence-electron chi connectivity index (χ3n) is 3.23. The average Bonchev–Trinajstić information content (AvgIpc) is 2.14. The Morgan fingerprint density at radius 1 is 1.56 bits per heavy atom. The number of aliphatic hydroxyl groups is 1. The second-order valence-corrected chi connectivity index (χ2v) is 5.31. The van der Waals surface area contributed by atoms with Crippen molar-refractivity contribution in [2.75, 3.05) is 13.1 Å². The van der Waals surface area contributed by atoms with Crippen LogP contribution in [0.4, 0.5) is 0 Å². The second-order valence-electron chi connectivity index (χ2n) is 4.87. The number of rotatable bonds is 3. The molecule has 0 radical (unpaired) electrons. The lowest BCUT2D eigenvalue weighted by Crippen LogP contribution is -2.63. The van der Waals surface area contributed by atoms with Gasteiger partial charge in [0.05, 0.1) is 11.3 Å². The van der Waals surface area contributed by atoms with Gasteiger partial charge in [-0.2, -0.15) is 0 Å². The Morgan fingerprint density at radius 3 is 2.81 bits per heavy atom. The molecule has 0 bridgehead atoms. The molecule has 0 aliphatic carbocycles. The van der Waals surface area contributed by atoms with Crippen LogP contribution < -0.4 is 0 Å². The highest BCUT2D eigenvalue weighted by Gasteiger charge is 2.43. The molecule has 16 heavy (non-hydrogen) atoms. The first kappa shape index (κ1) is 11.8. The van der Waals surface area contributed by atoms with Crippen LogP contribution in [0.25, 0.3) is 0 Å². The van der Waals surface area contributed by atoms with Crippen molar-refractivity contribution in [3.63, 3.8) is 0 Å². The number of halogens is 1. The van der Waals surface area contributed by atoms with Crippen molar-refractivity contribution >= 4 is 11.6 Å². The minimum Gasteiger partial charge on any atom is -0.387 e. The van der Waals surface area contributed by atoms with Gasteiger partial charge in [0.15, 0.2) is 0 Å². The summed E-state index contributed by atoms with van der Waals surface area (Å²) in [5, 5.41) is 10.8. The van der Waals surface area contributed by atoms with E-state index < -0.39 is 5.60 Å². The molecule has 1 saturated heterocycles. The van der Waals surface area contributed by atoms with E-state index in [9.17, 15) is 5.11 Å². The minimum absolute atomic E-state index is 0.302. The van der Waals surface area contributed by atoms with Gasteiger partial charge in [-0.25, -0.2) is 0 Å². The van der Waals surface area contributed by atoms with E-state index in [1.54, 1.807) is 12.3 Å². The van der Waals surface area contributed by atoms with E-state index in [0.29, 0.717) is 10.9 Å². The van der Waals surface area contributed by atoms with Crippen molar-refractivity contribution in [2.45, 2.75) is 26.0 Å². The summed E-state index contributed by atoms with van der Waals surface area (Å²) in [5.41, 5.74) is 0.441. The summed E-state index contributed by atoms with van der Waals surface area (Å²) >= 11 is 5.89. The lowest BCUT2D eigenvalue weighted by molar-refractivity contribution is -0.131. The molecule has 0 amide bonds. The lowest BCUT2D eigenvalue weighted by Gasteiger charge is -2.49. The molecule has 0 aromatic carbocycles. The first-order valence-electron chi connectivity index (χ1n) is 5.55. The Hall–Kier alpha value is -0.640. The predicted molar refractivity (Wildman–Crippen MR) is 64.3 cm³/mol. The zero-order chi connectivity index (χ0) is 11.8. The number of β-amino-alcohol motifs (C(OH)–C–C–N with tert-alkyl or cyclic N) is 1. The first-order chi connectivity index (χ1) is 7.49. The van der Waals surface area contributed by atoms with Gasteiger partial charge >= 0.3 is 0 Å². The molecule has 3 nitrogen and oxygen atoms in total. The van der Waals surface area contributed by atoms with Crippen LogP contribution >= 0.6 is 11.6 Å². The quantitative estimate of drug-likeness (QED) is 0.877. The molecule has 0 saturated carbocycles. The number of hydrogen-bond donors (Lipinski definition) is 1. The van der Waals surface area contributed by atoms with Gasteiger partial charge in [0.2, 0.25) is 0 Å². The maximum Gasteiger partial charge on any atom is 0.0923 e. The van der Waals surface area contributed by atoms with E-state index in [-0.39, 0.29) is 0 Å². The fourth-order valence-corrected chi connectivity index (χ4v) is 2.15. The Labute approximate surface area is 101 Å². The summed E-state index contributed by atoms with van der Waals surface area (Å²) < 4.78 is 0. The van der Waals surface area contributed by atoms with Crippen molar-refractivity contribution < 1.29 is 5.11 Å². The summed E-state index contributed by atoms with van der Waals surface area (Å²) in [6.45, 7) is 6.30. The fourth-order valence-electron chi connectivity index (χ4n) is 1.97. The largest absolute Gasteiger partial charge is 0.387 e. The van der Waals surface area contributed by atoms with Gasteiger partial charge in [-0.3, -0.25) is 9.88 Å². The highest BCUT2D eigenvalue weighted by Crippen LogP contribution is 2.29. The Kier molecular flexibility index (Phi) is 3.19. The maximum absolute atomic E-state index is 10.1. The topological polar surface area (TPSA) is 36.4 Å². The van der Waals surface area contributed by atoms with Crippen LogP contribution in [0.3, 0.4) is 0 Å². The zero-order valence-electron chi connectivity index (χ0n) is 9.65. The molecule has 4 heteroatoms. The van der Waals surface area contributed by atoms with Gasteiger partial charge in [-0.15, -0.1) is 0 Å². The SMILES string of the molecule is CC(C)C1(O)CN(Cc2cc(Cl)ccn2)C1. The molecule has 2 rings (SSSR count). The third-order valence-corrected chi connectivity index (χ3v) is 3.47.